The lowest BCUT2D eigenvalue weighted by Gasteiger charge is -2.08. The van der Waals surface area contributed by atoms with Crippen molar-refractivity contribution in [3.05, 3.63) is 59.5 Å². The van der Waals surface area contributed by atoms with Gasteiger partial charge in [-0.05, 0) is 29.8 Å². The number of hydrogen-bond donors (Lipinski definition) is 3. The first-order valence-electron chi connectivity index (χ1n) is 7.84. The highest BCUT2D eigenvalue weighted by molar-refractivity contribution is 5.91. The molecule has 0 saturated heterocycles. The van der Waals surface area contributed by atoms with E-state index in [-0.39, 0.29) is 23.8 Å². The van der Waals surface area contributed by atoms with Crippen molar-refractivity contribution in [2.75, 3.05) is 0 Å². The third-order valence-electron chi connectivity index (χ3n) is 3.64. The van der Waals surface area contributed by atoms with Gasteiger partial charge < -0.3 is 21.3 Å². The molecule has 0 saturated carbocycles. The molecule has 10 nitrogen and oxygen atoms in total. The lowest BCUT2D eigenvalue weighted by Crippen LogP contribution is -2.22. The number of nitrogens with two attached hydrogens (primary N) is 2. The minimum Gasteiger partial charge on any atom is -0.481 e. The van der Waals surface area contributed by atoms with Crippen LogP contribution >= 0.6 is 0 Å². The molecule has 0 bridgehead atoms. The van der Waals surface area contributed by atoms with E-state index in [4.69, 9.17) is 21.3 Å². The highest BCUT2D eigenvalue weighted by Gasteiger charge is 2.15. The van der Waals surface area contributed by atoms with Crippen molar-refractivity contribution in [3.8, 4) is 5.75 Å². The number of rotatable bonds is 6. The van der Waals surface area contributed by atoms with Crippen LogP contribution in [0.25, 0.3) is 5.65 Å². The summed E-state index contributed by atoms with van der Waals surface area (Å²) in [5, 5.41) is 12.9. The lowest BCUT2D eigenvalue weighted by molar-refractivity contribution is -0.136. The molecule has 138 valence electrons. The number of esters is 1. The van der Waals surface area contributed by atoms with Gasteiger partial charge in [0.2, 0.25) is 0 Å². The van der Waals surface area contributed by atoms with Crippen molar-refractivity contribution in [1.29, 1.82) is 0 Å². The highest BCUT2D eigenvalue weighted by atomic mass is 16.5. The summed E-state index contributed by atoms with van der Waals surface area (Å²) in [6, 6.07) is 9.64. The van der Waals surface area contributed by atoms with Crippen molar-refractivity contribution in [3.63, 3.8) is 0 Å². The van der Waals surface area contributed by atoms with E-state index < -0.39 is 11.9 Å². The molecule has 2 aromatic heterocycles. The molecule has 0 atom stereocenters. The second kappa shape index (κ2) is 7.52. The number of nitrogens with zero attached hydrogens (tertiary/aromatic N) is 4. The molecule has 3 rings (SSSR count). The predicted octanol–water partition coefficient (Wildman–Crippen LogP) is 0.349. The van der Waals surface area contributed by atoms with Crippen LogP contribution in [0.3, 0.4) is 0 Å². The number of carbonyl (C=O) groups is 2. The maximum Gasteiger partial charge on any atom is 0.343 e. The van der Waals surface area contributed by atoms with Crippen LogP contribution in [0.5, 0.6) is 5.75 Å². The molecular weight excluding hydrogens is 352 g/mol. The van der Waals surface area contributed by atoms with Gasteiger partial charge in [-0.2, -0.15) is 5.10 Å². The van der Waals surface area contributed by atoms with Gasteiger partial charge in [0.15, 0.2) is 17.4 Å². The Kier molecular flexibility index (Phi) is 4.97. The van der Waals surface area contributed by atoms with Crippen LogP contribution in [0.4, 0.5) is 0 Å². The van der Waals surface area contributed by atoms with E-state index in [9.17, 15) is 9.59 Å². The number of benzene rings is 1. The van der Waals surface area contributed by atoms with Gasteiger partial charge in [-0.15, -0.1) is 0 Å². The minimum absolute atomic E-state index is 0.0119. The molecule has 0 aliphatic heterocycles. The Morgan fingerprint density at radius 1 is 1.15 bits per heavy atom. The third kappa shape index (κ3) is 4.18. The zero-order valence-corrected chi connectivity index (χ0v) is 14.1. The normalized spacial score (nSPS) is 10.5. The molecule has 0 spiro atoms. The molecule has 0 unspecified atom stereocenters. The summed E-state index contributed by atoms with van der Waals surface area (Å²) in [5.41, 5.74) is 12.4. The Labute approximate surface area is 153 Å². The Bertz CT molecular complexity index is 1020. The quantitative estimate of drug-likeness (QED) is 0.319. The molecule has 0 amide bonds. The molecule has 0 radical (unpaired) electrons. The number of hydrogen-bond acceptors (Lipinski definition) is 6. The first kappa shape index (κ1) is 17.9. The fourth-order valence-electron chi connectivity index (χ4n) is 2.39. The fourth-order valence-corrected chi connectivity index (χ4v) is 2.39. The number of ether oxygens (including phenoxy) is 1. The molecule has 0 aliphatic carbocycles. The number of carboxylic acids is 1. The molecule has 1 aromatic carbocycles. The average Bonchev–Trinajstić information content (AvgIpc) is 3.12. The van der Waals surface area contributed by atoms with Gasteiger partial charge in [-0.1, -0.05) is 12.1 Å². The number of guanidine groups is 1. The van der Waals surface area contributed by atoms with Crippen molar-refractivity contribution >= 4 is 23.5 Å². The zero-order valence-electron chi connectivity index (χ0n) is 14.1. The van der Waals surface area contributed by atoms with E-state index in [2.05, 4.69) is 15.1 Å². The van der Waals surface area contributed by atoms with Crippen molar-refractivity contribution in [2.24, 2.45) is 16.5 Å². The number of pyridine rings is 1. The standard InChI is InChI=1S/C17H16N6O4/c18-17(19)20-8-10-1-3-11(4-2-10)16(26)27-13-6-5-12(7-14(24)25)23-15(13)21-9-22-23/h1-6,9H,7-8H2,(H,24,25)(H4,18,19,20). The first-order chi connectivity index (χ1) is 12.9. The van der Waals surface area contributed by atoms with E-state index >= 15 is 0 Å². The van der Waals surface area contributed by atoms with Crippen LogP contribution in [0, 0.1) is 0 Å². The Balaban J connectivity index is 1.79. The Morgan fingerprint density at radius 3 is 2.56 bits per heavy atom. The first-order valence-corrected chi connectivity index (χ1v) is 7.84. The van der Waals surface area contributed by atoms with Crippen LogP contribution in [0.2, 0.25) is 0 Å². The summed E-state index contributed by atoms with van der Waals surface area (Å²) < 4.78 is 6.72. The topological polar surface area (TPSA) is 158 Å². The summed E-state index contributed by atoms with van der Waals surface area (Å²) >= 11 is 0. The minimum atomic E-state index is -1.00. The number of carbonyl (C=O) groups excluding carboxylic acids is 1. The van der Waals surface area contributed by atoms with Gasteiger partial charge in [-0.25, -0.2) is 19.3 Å². The maximum atomic E-state index is 12.4. The fraction of sp³-hybridized carbons (Fsp3) is 0.118. The summed E-state index contributed by atoms with van der Waals surface area (Å²) in [7, 11) is 0. The number of carboxylic acid groups (broad SMARTS) is 1. The average molecular weight is 368 g/mol. The molecule has 27 heavy (non-hydrogen) atoms. The van der Waals surface area contributed by atoms with E-state index in [1.54, 1.807) is 24.3 Å². The highest BCUT2D eigenvalue weighted by Crippen LogP contribution is 2.21. The Morgan fingerprint density at radius 2 is 1.89 bits per heavy atom. The molecular formula is C17H16N6O4. The summed E-state index contributed by atoms with van der Waals surface area (Å²) in [6.07, 6.45) is 1.03. The van der Waals surface area contributed by atoms with Crippen LogP contribution < -0.4 is 16.2 Å². The second-order valence-electron chi connectivity index (χ2n) is 5.58. The van der Waals surface area contributed by atoms with E-state index in [0.717, 1.165) is 5.56 Å². The van der Waals surface area contributed by atoms with Crippen molar-refractivity contribution in [1.82, 2.24) is 14.6 Å². The number of aromatic nitrogens is 3. The molecule has 0 aliphatic rings. The van der Waals surface area contributed by atoms with E-state index in [1.165, 1.54) is 23.0 Å². The van der Waals surface area contributed by atoms with Gasteiger partial charge in [-0.3, -0.25) is 4.79 Å². The largest absolute Gasteiger partial charge is 0.481 e. The van der Waals surface area contributed by atoms with Crippen LogP contribution in [-0.4, -0.2) is 37.6 Å². The van der Waals surface area contributed by atoms with E-state index in [0.29, 0.717) is 17.8 Å². The third-order valence-corrected chi connectivity index (χ3v) is 3.64. The van der Waals surface area contributed by atoms with Gasteiger partial charge in [0.05, 0.1) is 24.2 Å². The maximum absolute atomic E-state index is 12.4. The van der Waals surface area contributed by atoms with E-state index in [1.807, 2.05) is 0 Å². The molecule has 3 aromatic rings. The number of fused-ring (bicyclic) bond motifs is 1. The van der Waals surface area contributed by atoms with Gasteiger partial charge in [0.1, 0.15) is 6.33 Å². The summed E-state index contributed by atoms with van der Waals surface area (Å²) in [5.74, 6) is -1.42. The zero-order chi connectivity index (χ0) is 19.4. The number of aliphatic carboxylic acids is 1. The van der Waals surface area contributed by atoms with Crippen molar-refractivity contribution < 1.29 is 19.4 Å². The molecule has 2 heterocycles. The second-order valence-corrected chi connectivity index (χ2v) is 5.58. The molecule has 5 N–H and O–H groups in total. The van der Waals surface area contributed by atoms with Crippen LogP contribution in [0.1, 0.15) is 21.6 Å². The van der Waals surface area contributed by atoms with Gasteiger partial charge >= 0.3 is 11.9 Å². The molecule has 0 fully saturated rings. The van der Waals surface area contributed by atoms with Gasteiger partial charge in [0.25, 0.3) is 0 Å². The van der Waals surface area contributed by atoms with Crippen LogP contribution in [0.15, 0.2) is 47.7 Å². The summed E-state index contributed by atoms with van der Waals surface area (Å²) in [4.78, 5) is 31.2. The van der Waals surface area contributed by atoms with Crippen molar-refractivity contribution in [2.45, 2.75) is 13.0 Å². The predicted molar refractivity (Wildman–Crippen MR) is 95.2 cm³/mol. The SMILES string of the molecule is NC(N)=NCc1ccc(C(=O)Oc2ccc(CC(=O)O)n3ncnc23)cc1. The van der Waals surface area contributed by atoms with Gasteiger partial charge in [0, 0.05) is 0 Å². The number of aliphatic imine (C=N–C) groups is 1. The van der Waals surface area contributed by atoms with Crippen LogP contribution in [-0.2, 0) is 17.8 Å². The molecule has 10 heteroatoms. The lowest BCUT2D eigenvalue weighted by atomic mass is 10.1. The monoisotopic (exact) mass is 368 g/mol. The smallest absolute Gasteiger partial charge is 0.343 e. The Hall–Kier alpha value is -3.95. The summed E-state index contributed by atoms with van der Waals surface area (Å²) in [6.45, 7) is 0.309.